The second-order valence-electron chi connectivity index (χ2n) is 5.67. The molecule has 0 radical (unpaired) electrons. The van der Waals surface area contributed by atoms with Crippen molar-refractivity contribution in [2.45, 2.75) is 4.90 Å². The number of nitrogens with zero attached hydrogens (tertiary/aromatic N) is 1. The molecule has 3 rings (SSSR count). The number of amides is 2. The molecule has 0 atom stereocenters. The van der Waals surface area contributed by atoms with E-state index < -0.39 is 0 Å². The number of hydrogen-bond donors (Lipinski definition) is 1. The third-order valence-corrected chi connectivity index (χ3v) is 4.76. The second kappa shape index (κ2) is 8.18. The van der Waals surface area contributed by atoms with Crippen molar-refractivity contribution in [2.24, 2.45) is 0 Å². The van der Waals surface area contributed by atoms with Crippen molar-refractivity contribution in [3.63, 3.8) is 0 Å². The summed E-state index contributed by atoms with van der Waals surface area (Å²) >= 11 is 1.63. The number of nitrogens with one attached hydrogen (secondary N) is 1. The zero-order chi connectivity index (χ0) is 17.6. The van der Waals surface area contributed by atoms with Gasteiger partial charge in [0.2, 0.25) is 0 Å². The van der Waals surface area contributed by atoms with Gasteiger partial charge in [0.05, 0.1) is 13.2 Å². The molecular formula is C19H20N2O3S. The number of benzene rings is 2. The van der Waals surface area contributed by atoms with Gasteiger partial charge < -0.3 is 15.0 Å². The summed E-state index contributed by atoms with van der Waals surface area (Å²) in [5.74, 6) is -0.229. The van der Waals surface area contributed by atoms with Gasteiger partial charge in [-0.1, -0.05) is 6.07 Å². The molecule has 130 valence electrons. The Kier molecular flexibility index (Phi) is 5.73. The maximum atomic E-state index is 12.5. The Morgan fingerprint density at radius 3 is 2.44 bits per heavy atom. The smallest absolute Gasteiger partial charge is 0.255 e. The number of carbonyl (C=O) groups is 2. The fourth-order valence-electron chi connectivity index (χ4n) is 2.62. The van der Waals surface area contributed by atoms with Gasteiger partial charge in [-0.2, -0.15) is 0 Å². The first-order valence-electron chi connectivity index (χ1n) is 8.10. The van der Waals surface area contributed by atoms with E-state index >= 15 is 0 Å². The Balaban J connectivity index is 1.70. The van der Waals surface area contributed by atoms with Gasteiger partial charge in [-0.05, 0) is 48.7 Å². The fourth-order valence-corrected chi connectivity index (χ4v) is 3.03. The molecule has 2 amide bonds. The van der Waals surface area contributed by atoms with E-state index in [0.29, 0.717) is 43.1 Å². The van der Waals surface area contributed by atoms with Gasteiger partial charge in [0.15, 0.2) is 0 Å². The molecule has 25 heavy (non-hydrogen) atoms. The lowest BCUT2D eigenvalue weighted by Crippen LogP contribution is -2.40. The summed E-state index contributed by atoms with van der Waals surface area (Å²) in [6, 6.07) is 14.5. The maximum absolute atomic E-state index is 12.5. The van der Waals surface area contributed by atoms with E-state index in [4.69, 9.17) is 4.74 Å². The van der Waals surface area contributed by atoms with E-state index in [-0.39, 0.29) is 11.8 Å². The molecule has 1 aliphatic heterocycles. The van der Waals surface area contributed by atoms with E-state index in [2.05, 4.69) is 5.32 Å². The Hall–Kier alpha value is -2.31. The minimum Gasteiger partial charge on any atom is -0.378 e. The average molecular weight is 356 g/mol. The number of morpholine rings is 1. The molecule has 1 fully saturated rings. The van der Waals surface area contributed by atoms with Gasteiger partial charge in [-0.3, -0.25) is 9.59 Å². The van der Waals surface area contributed by atoms with Crippen molar-refractivity contribution in [1.29, 1.82) is 0 Å². The summed E-state index contributed by atoms with van der Waals surface area (Å²) < 4.78 is 5.28. The SMILES string of the molecule is CSc1ccc(C(=O)Nc2cccc(C(=O)N3CCOCC3)c2)cc1. The van der Waals surface area contributed by atoms with Gasteiger partial charge in [0.25, 0.3) is 11.8 Å². The van der Waals surface area contributed by atoms with Crippen LogP contribution in [0.3, 0.4) is 0 Å². The minimum atomic E-state index is -0.191. The molecule has 0 bridgehead atoms. The van der Waals surface area contributed by atoms with Crippen LogP contribution in [0.4, 0.5) is 5.69 Å². The lowest BCUT2D eigenvalue weighted by atomic mass is 10.1. The normalized spacial score (nSPS) is 14.2. The van der Waals surface area contributed by atoms with Gasteiger partial charge in [-0.25, -0.2) is 0 Å². The number of thioether (sulfide) groups is 1. The van der Waals surface area contributed by atoms with E-state index in [0.717, 1.165) is 4.90 Å². The summed E-state index contributed by atoms with van der Waals surface area (Å²) in [6.45, 7) is 2.32. The Bertz CT molecular complexity index is 756. The molecule has 1 aliphatic rings. The standard InChI is InChI=1S/C19H20N2O3S/c1-25-17-7-5-14(6-8-17)18(22)20-16-4-2-3-15(13-16)19(23)21-9-11-24-12-10-21/h2-8,13H,9-12H2,1H3,(H,20,22). The zero-order valence-corrected chi connectivity index (χ0v) is 14.8. The first kappa shape index (κ1) is 17.5. The molecule has 0 aromatic heterocycles. The quantitative estimate of drug-likeness (QED) is 0.855. The molecule has 1 N–H and O–H groups in total. The van der Waals surface area contributed by atoms with Crippen LogP contribution in [-0.4, -0.2) is 49.3 Å². The van der Waals surface area contributed by atoms with Crippen LogP contribution < -0.4 is 5.32 Å². The molecular weight excluding hydrogens is 336 g/mol. The molecule has 0 aliphatic carbocycles. The van der Waals surface area contributed by atoms with Crippen molar-refractivity contribution >= 4 is 29.3 Å². The van der Waals surface area contributed by atoms with Crippen molar-refractivity contribution in [3.8, 4) is 0 Å². The molecule has 6 heteroatoms. The van der Waals surface area contributed by atoms with Crippen LogP contribution in [0.5, 0.6) is 0 Å². The van der Waals surface area contributed by atoms with Crippen molar-refractivity contribution < 1.29 is 14.3 Å². The van der Waals surface area contributed by atoms with Crippen LogP contribution in [0.2, 0.25) is 0 Å². The molecule has 5 nitrogen and oxygen atoms in total. The Labute approximate surface area is 151 Å². The van der Waals surface area contributed by atoms with Crippen LogP contribution in [0.25, 0.3) is 0 Å². The topological polar surface area (TPSA) is 58.6 Å². The molecule has 2 aromatic rings. The van der Waals surface area contributed by atoms with E-state index in [1.165, 1.54) is 0 Å². The van der Waals surface area contributed by atoms with Crippen molar-refractivity contribution in [1.82, 2.24) is 4.90 Å². The average Bonchev–Trinajstić information content (AvgIpc) is 2.68. The highest BCUT2D eigenvalue weighted by molar-refractivity contribution is 7.98. The van der Waals surface area contributed by atoms with Crippen LogP contribution in [-0.2, 0) is 4.74 Å². The van der Waals surface area contributed by atoms with Crippen molar-refractivity contribution in [2.75, 3.05) is 37.9 Å². The van der Waals surface area contributed by atoms with E-state index in [1.807, 2.05) is 18.4 Å². The predicted octanol–water partition coefficient (Wildman–Crippen LogP) is 3.13. The molecule has 0 spiro atoms. The van der Waals surface area contributed by atoms with Crippen LogP contribution in [0.15, 0.2) is 53.4 Å². The lowest BCUT2D eigenvalue weighted by Gasteiger charge is -2.27. The third kappa shape index (κ3) is 4.41. The van der Waals surface area contributed by atoms with Crippen LogP contribution >= 0.6 is 11.8 Å². The Morgan fingerprint density at radius 2 is 1.76 bits per heavy atom. The second-order valence-corrected chi connectivity index (χ2v) is 6.55. The van der Waals surface area contributed by atoms with Crippen LogP contribution in [0, 0.1) is 0 Å². The van der Waals surface area contributed by atoms with Gasteiger partial charge >= 0.3 is 0 Å². The number of carbonyl (C=O) groups excluding carboxylic acids is 2. The summed E-state index contributed by atoms with van der Waals surface area (Å²) in [5.41, 5.74) is 1.76. The fraction of sp³-hybridized carbons (Fsp3) is 0.263. The minimum absolute atomic E-state index is 0.0382. The number of ether oxygens (including phenoxy) is 1. The van der Waals surface area contributed by atoms with E-state index in [1.54, 1.807) is 53.1 Å². The highest BCUT2D eigenvalue weighted by Gasteiger charge is 2.18. The summed E-state index contributed by atoms with van der Waals surface area (Å²) in [6.07, 6.45) is 1.99. The largest absolute Gasteiger partial charge is 0.378 e. The van der Waals surface area contributed by atoms with Crippen LogP contribution in [0.1, 0.15) is 20.7 Å². The first-order chi connectivity index (χ1) is 12.2. The van der Waals surface area contributed by atoms with Gasteiger partial charge in [-0.15, -0.1) is 11.8 Å². The monoisotopic (exact) mass is 356 g/mol. The van der Waals surface area contributed by atoms with E-state index in [9.17, 15) is 9.59 Å². The lowest BCUT2D eigenvalue weighted by molar-refractivity contribution is 0.0303. The summed E-state index contributed by atoms with van der Waals surface area (Å²) in [5, 5.41) is 2.85. The number of anilines is 1. The highest BCUT2D eigenvalue weighted by Crippen LogP contribution is 2.17. The highest BCUT2D eigenvalue weighted by atomic mass is 32.2. The van der Waals surface area contributed by atoms with Gasteiger partial charge in [0.1, 0.15) is 0 Å². The summed E-state index contributed by atoms with van der Waals surface area (Å²) in [4.78, 5) is 27.8. The number of hydrogen-bond acceptors (Lipinski definition) is 4. The number of rotatable bonds is 4. The molecule has 2 aromatic carbocycles. The summed E-state index contributed by atoms with van der Waals surface area (Å²) in [7, 11) is 0. The molecule has 1 saturated heterocycles. The third-order valence-electron chi connectivity index (χ3n) is 4.02. The molecule has 1 heterocycles. The zero-order valence-electron chi connectivity index (χ0n) is 14.0. The van der Waals surface area contributed by atoms with Gasteiger partial charge in [0, 0.05) is 34.8 Å². The van der Waals surface area contributed by atoms with Crippen molar-refractivity contribution in [3.05, 3.63) is 59.7 Å². The first-order valence-corrected chi connectivity index (χ1v) is 9.32. The molecule has 0 unspecified atom stereocenters. The maximum Gasteiger partial charge on any atom is 0.255 e. The molecule has 0 saturated carbocycles. The predicted molar refractivity (Wildman–Crippen MR) is 99.3 cm³/mol. The Morgan fingerprint density at radius 1 is 1.04 bits per heavy atom.